The molecule has 0 aliphatic rings. The minimum Gasteiger partial charge on any atom is -0.444 e. The predicted octanol–water partition coefficient (Wildman–Crippen LogP) is 2.18. The third-order valence-electron chi connectivity index (χ3n) is 3.17. The number of furan rings is 1. The Morgan fingerprint density at radius 1 is 1.27 bits per heavy atom. The largest absolute Gasteiger partial charge is 0.444 e. The van der Waals surface area contributed by atoms with E-state index >= 15 is 0 Å². The van der Waals surface area contributed by atoms with Gasteiger partial charge in [-0.15, -0.1) is 0 Å². The number of carbonyl (C=O) groups is 1. The molecule has 22 heavy (non-hydrogen) atoms. The minimum atomic E-state index is -3.74. The molecule has 0 atom stereocenters. The summed E-state index contributed by atoms with van der Waals surface area (Å²) < 4.78 is 29.5. The van der Waals surface area contributed by atoms with Crippen molar-refractivity contribution in [1.29, 1.82) is 5.26 Å². The maximum atomic E-state index is 12.1. The van der Waals surface area contributed by atoms with Crippen molar-refractivity contribution in [3.63, 3.8) is 0 Å². The second kappa shape index (κ2) is 6.03. The average molecular weight is 318 g/mol. The number of nitrogens with zero attached hydrogens (tertiary/aromatic N) is 1. The van der Waals surface area contributed by atoms with Crippen LogP contribution in [0.2, 0.25) is 0 Å². The smallest absolute Gasteiger partial charge is 0.242 e. The summed E-state index contributed by atoms with van der Waals surface area (Å²) in [6.07, 6.45) is 0. The third-order valence-corrected chi connectivity index (χ3v) is 4.81. The quantitative estimate of drug-likeness (QED) is 0.931. The van der Waals surface area contributed by atoms with Crippen molar-refractivity contribution < 1.29 is 17.6 Å². The lowest BCUT2D eigenvalue weighted by molar-refractivity contribution is -0.114. The van der Waals surface area contributed by atoms with Crippen LogP contribution in [0.3, 0.4) is 0 Å². The van der Waals surface area contributed by atoms with Crippen LogP contribution < -0.4 is 5.32 Å². The van der Waals surface area contributed by atoms with Gasteiger partial charge in [-0.1, -0.05) is 18.2 Å². The summed E-state index contributed by atoms with van der Waals surface area (Å²) in [5.41, 5.74) is 0.812. The molecule has 114 valence electrons. The van der Waals surface area contributed by atoms with E-state index < -0.39 is 21.5 Å². The van der Waals surface area contributed by atoms with Crippen LogP contribution in [0.4, 0.5) is 5.88 Å². The zero-order valence-corrected chi connectivity index (χ0v) is 12.9. The molecule has 7 heteroatoms. The molecule has 0 aliphatic heterocycles. The average Bonchev–Trinajstić information content (AvgIpc) is 2.73. The topological polar surface area (TPSA) is 100 Å². The normalized spacial score (nSPS) is 11.0. The number of nitriles is 1. The first kappa shape index (κ1) is 15.8. The van der Waals surface area contributed by atoms with E-state index in [1.165, 1.54) is 12.1 Å². The Labute approximate surface area is 128 Å². The molecule has 0 saturated carbocycles. The second-order valence-electron chi connectivity index (χ2n) is 4.72. The Morgan fingerprint density at radius 3 is 2.50 bits per heavy atom. The third kappa shape index (κ3) is 3.18. The standard InChI is InChI=1S/C15H14N2O4S/c1-10-11(2)21-15(13(10)8-16)17-14(18)9-22(19,20)12-6-4-3-5-7-12/h3-7H,9H2,1-2H3,(H,17,18). The van der Waals surface area contributed by atoms with E-state index in [9.17, 15) is 13.2 Å². The number of carbonyl (C=O) groups excluding carboxylic acids is 1. The molecule has 1 amide bonds. The minimum absolute atomic E-state index is 0.0224. The first-order valence-corrected chi connectivity index (χ1v) is 8.08. The van der Waals surface area contributed by atoms with Crippen LogP contribution >= 0.6 is 0 Å². The fraction of sp³-hybridized carbons (Fsp3) is 0.200. The lowest BCUT2D eigenvalue weighted by atomic mass is 10.2. The van der Waals surface area contributed by atoms with Crippen molar-refractivity contribution in [1.82, 2.24) is 0 Å². The van der Waals surface area contributed by atoms with Gasteiger partial charge in [0.25, 0.3) is 0 Å². The number of hydrogen-bond acceptors (Lipinski definition) is 5. The van der Waals surface area contributed by atoms with Gasteiger partial charge in [-0.25, -0.2) is 8.42 Å². The Balaban J connectivity index is 2.18. The van der Waals surface area contributed by atoms with Gasteiger partial charge in [-0.2, -0.15) is 5.26 Å². The summed E-state index contributed by atoms with van der Waals surface area (Å²) in [5.74, 6) is -1.00. The Hall–Kier alpha value is -2.59. The van der Waals surface area contributed by atoms with Crippen molar-refractivity contribution in [3.05, 3.63) is 47.2 Å². The summed E-state index contributed by atoms with van der Waals surface area (Å²) in [6, 6.07) is 9.62. The van der Waals surface area contributed by atoms with E-state index in [1.807, 2.05) is 6.07 Å². The monoisotopic (exact) mass is 318 g/mol. The molecule has 0 fully saturated rings. The molecule has 1 heterocycles. The molecule has 1 aromatic carbocycles. The van der Waals surface area contributed by atoms with Gasteiger partial charge < -0.3 is 4.42 Å². The van der Waals surface area contributed by atoms with Gasteiger partial charge in [0.1, 0.15) is 23.1 Å². The molecular weight excluding hydrogens is 304 g/mol. The molecule has 0 saturated heterocycles. The highest BCUT2D eigenvalue weighted by Gasteiger charge is 2.22. The van der Waals surface area contributed by atoms with Crippen LogP contribution in [-0.4, -0.2) is 20.1 Å². The Kier molecular flexibility index (Phi) is 4.33. The van der Waals surface area contributed by atoms with E-state index in [0.29, 0.717) is 11.3 Å². The van der Waals surface area contributed by atoms with Gasteiger partial charge >= 0.3 is 0 Å². The van der Waals surface area contributed by atoms with Gasteiger partial charge in [-0.05, 0) is 26.0 Å². The molecule has 0 spiro atoms. The maximum absolute atomic E-state index is 12.1. The molecule has 0 radical (unpaired) electrons. The molecule has 0 unspecified atom stereocenters. The molecule has 2 rings (SSSR count). The van der Waals surface area contributed by atoms with E-state index in [-0.39, 0.29) is 16.3 Å². The van der Waals surface area contributed by atoms with Crippen molar-refractivity contribution in [3.8, 4) is 6.07 Å². The fourth-order valence-electron chi connectivity index (χ4n) is 1.90. The Morgan fingerprint density at radius 2 is 1.91 bits per heavy atom. The zero-order chi connectivity index (χ0) is 16.3. The van der Waals surface area contributed by atoms with Crippen molar-refractivity contribution >= 4 is 21.6 Å². The second-order valence-corrected chi connectivity index (χ2v) is 6.71. The lowest BCUT2D eigenvalue weighted by Gasteiger charge is -2.04. The summed E-state index contributed by atoms with van der Waals surface area (Å²) in [6.45, 7) is 3.35. The van der Waals surface area contributed by atoms with Crippen molar-refractivity contribution in [2.75, 3.05) is 11.1 Å². The highest BCUT2D eigenvalue weighted by Crippen LogP contribution is 2.25. The van der Waals surface area contributed by atoms with Gasteiger partial charge in [0.2, 0.25) is 11.8 Å². The number of amides is 1. The molecule has 6 nitrogen and oxygen atoms in total. The number of benzene rings is 1. The molecule has 0 bridgehead atoms. The van der Waals surface area contributed by atoms with E-state index in [2.05, 4.69) is 5.32 Å². The molecule has 0 aliphatic carbocycles. The summed E-state index contributed by atoms with van der Waals surface area (Å²) in [5, 5.41) is 11.4. The summed E-state index contributed by atoms with van der Waals surface area (Å²) in [4.78, 5) is 12.0. The molecule has 1 N–H and O–H groups in total. The number of aryl methyl sites for hydroxylation is 1. The fourth-order valence-corrected chi connectivity index (χ4v) is 3.05. The van der Waals surface area contributed by atoms with Crippen molar-refractivity contribution in [2.24, 2.45) is 0 Å². The number of sulfone groups is 1. The predicted molar refractivity (Wildman–Crippen MR) is 80.0 cm³/mol. The van der Waals surface area contributed by atoms with Crippen LogP contribution in [0.1, 0.15) is 16.9 Å². The lowest BCUT2D eigenvalue weighted by Crippen LogP contribution is -2.23. The van der Waals surface area contributed by atoms with Crippen LogP contribution in [0, 0.1) is 25.2 Å². The van der Waals surface area contributed by atoms with E-state index in [4.69, 9.17) is 9.68 Å². The van der Waals surface area contributed by atoms with Crippen LogP contribution in [0.15, 0.2) is 39.6 Å². The van der Waals surface area contributed by atoms with E-state index in [0.717, 1.165) is 0 Å². The van der Waals surface area contributed by atoms with Gasteiger partial charge in [0.15, 0.2) is 9.84 Å². The number of nitrogens with one attached hydrogen (secondary N) is 1. The SMILES string of the molecule is Cc1oc(NC(=O)CS(=O)(=O)c2ccccc2)c(C#N)c1C. The first-order valence-electron chi connectivity index (χ1n) is 6.43. The molecule has 1 aromatic heterocycles. The number of rotatable bonds is 4. The Bertz CT molecular complexity index is 846. The van der Waals surface area contributed by atoms with Crippen LogP contribution in [0.25, 0.3) is 0 Å². The summed E-state index contributed by atoms with van der Waals surface area (Å²) in [7, 11) is -3.74. The van der Waals surface area contributed by atoms with Crippen LogP contribution in [-0.2, 0) is 14.6 Å². The van der Waals surface area contributed by atoms with Gasteiger partial charge in [0, 0.05) is 5.56 Å². The molecular formula is C15H14N2O4S. The van der Waals surface area contributed by atoms with Gasteiger partial charge in [-0.3, -0.25) is 10.1 Å². The number of anilines is 1. The van der Waals surface area contributed by atoms with Gasteiger partial charge in [0.05, 0.1) is 4.90 Å². The highest BCUT2D eigenvalue weighted by atomic mass is 32.2. The number of hydrogen-bond donors (Lipinski definition) is 1. The highest BCUT2D eigenvalue weighted by molar-refractivity contribution is 7.92. The summed E-state index contributed by atoms with van der Waals surface area (Å²) >= 11 is 0. The maximum Gasteiger partial charge on any atom is 0.242 e. The zero-order valence-electron chi connectivity index (χ0n) is 12.1. The van der Waals surface area contributed by atoms with Crippen LogP contribution in [0.5, 0.6) is 0 Å². The van der Waals surface area contributed by atoms with E-state index in [1.54, 1.807) is 32.0 Å². The first-order chi connectivity index (χ1) is 10.3. The molecule has 2 aromatic rings. The van der Waals surface area contributed by atoms with Crippen molar-refractivity contribution in [2.45, 2.75) is 18.7 Å².